The van der Waals surface area contributed by atoms with Gasteiger partial charge in [-0.1, -0.05) is 44.2 Å². The SMILES string of the molecule is O=C(OO)c1cccc(CNCCC2CCCCC2)c1. The summed E-state index contributed by atoms with van der Waals surface area (Å²) < 4.78 is 0. The minimum absolute atomic E-state index is 0.374. The number of nitrogens with one attached hydrogen (secondary N) is 1. The molecule has 20 heavy (non-hydrogen) atoms. The van der Waals surface area contributed by atoms with Crippen LogP contribution in [0.3, 0.4) is 0 Å². The van der Waals surface area contributed by atoms with Crippen LogP contribution in [0, 0.1) is 5.92 Å². The van der Waals surface area contributed by atoms with E-state index in [4.69, 9.17) is 5.26 Å². The zero-order chi connectivity index (χ0) is 14.2. The number of hydrogen-bond acceptors (Lipinski definition) is 4. The van der Waals surface area contributed by atoms with Crippen molar-refractivity contribution in [3.8, 4) is 0 Å². The Kier molecular flexibility index (Phi) is 6.02. The number of carbonyl (C=O) groups is 1. The van der Waals surface area contributed by atoms with Gasteiger partial charge in [0, 0.05) is 6.54 Å². The van der Waals surface area contributed by atoms with Crippen molar-refractivity contribution < 1.29 is 14.9 Å². The Balaban J connectivity index is 1.72. The molecule has 0 amide bonds. The summed E-state index contributed by atoms with van der Waals surface area (Å²) in [4.78, 5) is 14.9. The molecule has 110 valence electrons. The van der Waals surface area contributed by atoms with Gasteiger partial charge in [-0.05, 0) is 36.6 Å². The highest BCUT2D eigenvalue weighted by molar-refractivity contribution is 5.89. The first-order valence-corrected chi connectivity index (χ1v) is 7.45. The lowest BCUT2D eigenvalue weighted by molar-refractivity contribution is -0.182. The maximum atomic E-state index is 11.2. The summed E-state index contributed by atoms with van der Waals surface area (Å²) in [6.07, 6.45) is 8.15. The third-order valence-corrected chi connectivity index (χ3v) is 4.03. The largest absolute Gasteiger partial charge is 0.372 e. The Bertz CT molecular complexity index is 427. The van der Waals surface area contributed by atoms with Gasteiger partial charge in [0.05, 0.1) is 5.56 Å². The summed E-state index contributed by atoms with van der Waals surface area (Å²) in [6, 6.07) is 7.13. The summed E-state index contributed by atoms with van der Waals surface area (Å²) in [5.41, 5.74) is 1.40. The highest BCUT2D eigenvalue weighted by Crippen LogP contribution is 2.25. The van der Waals surface area contributed by atoms with E-state index in [1.54, 1.807) is 18.2 Å². The van der Waals surface area contributed by atoms with Crippen LogP contribution < -0.4 is 5.32 Å². The fraction of sp³-hybridized carbons (Fsp3) is 0.562. The lowest BCUT2D eigenvalue weighted by Crippen LogP contribution is -2.19. The molecule has 0 radical (unpaired) electrons. The second kappa shape index (κ2) is 8.02. The molecule has 4 heteroatoms. The maximum Gasteiger partial charge on any atom is 0.372 e. The van der Waals surface area contributed by atoms with Crippen molar-refractivity contribution in [1.29, 1.82) is 0 Å². The van der Waals surface area contributed by atoms with Crippen LogP contribution in [-0.2, 0) is 11.4 Å². The molecule has 0 unspecified atom stereocenters. The van der Waals surface area contributed by atoms with Crippen molar-refractivity contribution in [2.45, 2.75) is 45.1 Å². The van der Waals surface area contributed by atoms with Gasteiger partial charge in [0.1, 0.15) is 0 Å². The zero-order valence-electron chi connectivity index (χ0n) is 11.8. The molecule has 0 spiro atoms. The Hall–Kier alpha value is -1.39. The fourth-order valence-electron chi connectivity index (χ4n) is 2.88. The van der Waals surface area contributed by atoms with E-state index in [1.165, 1.54) is 38.5 Å². The van der Waals surface area contributed by atoms with Gasteiger partial charge in [0.2, 0.25) is 0 Å². The molecule has 1 saturated carbocycles. The summed E-state index contributed by atoms with van der Waals surface area (Å²) in [5, 5.41) is 11.8. The molecule has 1 fully saturated rings. The summed E-state index contributed by atoms with van der Waals surface area (Å²) in [7, 11) is 0. The van der Waals surface area contributed by atoms with Crippen LogP contribution in [-0.4, -0.2) is 17.8 Å². The molecule has 0 saturated heterocycles. The van der Waals surface area contributed by atoms with E-state index in [9.17, 15) is 4.79 Å². The van der Waals surface area contributed by atoms with Gasteiger partial charge in [-0.25, -0.2) is 4.79 Å². The van der Waals surface area contributed by atoms with Gasteiger partial charge < -0.3 is 5.32 Å². The van der Waals surface area contributed by atoms with E-state index in [-0.39, 0.29) is 0 Å². The minimum Gasteiger partial charge on any atom is -0.313 e. The molecule has 2 rings (SSSR count). The van der Waals surface area contributed by atoms with E-state index < -0.39 is 5.97 Å². The van der Waals surface area contributed by atoms with Gasteiger partial charge in [-0.15, -0.1) is 0 Å². The first-order valence-electron chi connectivity index (χ1n) is 7.45. The number of carbonyl (C=O) groups excluding carboxylic acids is 1. The molecule has 2 N–H and O–H groups in total. The lowest BCUT2D eigenvalue weighted by Gasteiger charge is -2.21. The molecule has 0 aromatic heterocycles. The summed E-state index contributed by atoms with van der Waals surface area (Å²) in [6.45, 7) is 1.75. The fourth-order valence-corrected chi connectivity index (χ4v) is 2.88. The van der Waals surface area contributed by atoms with Crippen molar-refractivity contribution in [1.82, 2.24) is 5.32 Å². The van der Waals surface area contributed by atoms with E-state index in [1.807, 2.05) is 6.07 Å². The predicted octanol–water partition coefficient (Wildman–Crippen LogP) is 3.38. The van der Waals surface area contributed by atoms with Gasteiger partial charge in [0.15, 0.2) is 0 Å². The average molecular weight is 277 g/mol. The van der Waals surface area contributed by atoms with Gasteiger partial charge in [-0.2, -0.15) is 5.26 Å². The Labute approximate surface area is 120 Å². The topological polar surface area (TPSA) is 58.6 Å². The molecule has 1 aromatic carbocycles. The minimum atomic E-state index is -0.714. The molecule has 0 heterocycles. The average Bonchev–Trinajstić information content (AvgIpc) is 2.52. The van der Waals surface area contributed by atoms with Crippen LogP contribution >= 0.6 is 0 Å². The molecular formula is C16H23NO3. The lowest BCUT2D eigenvalue weighted by atomic mass is 9.87. The van der Waals surface area contributed by atoms with E-state index in [0.29, 0.717) is 5.56 Å². The summed E-state index contributed by atoms with van der Waals surface area (Å²) >= 11 is 0. The molecule has 1 aliphatic carbocycles. The molecule has 1 aromatic rings. The van der Waals surface area contributed by atoms with Crippen molar-refractivity contribution in [2.75, 3.05) is 6.54 Å². The van der Waals surface area contributed by atoms with Crippen molar-refractivity contribution in [2.24, 2.45) is 5.92 Å². The quantitative estimate of drug-likeness (QED) is 0.475. The molecule has 0 aliphatic heterocycles. The highest BCUT2D eigenvalue weighted by Gasteiger charge is 2.12. The third-order valence-electron chi connectivity index (χ3n) is 4.03. The van der Waals surface area contributed by atoms with Crippen LogP contribution in [0.5, 0.6) is 0 Å². The van der Waals surface area contributed by atoms with E-state index >= 15 is 0 Å². The number of hydrogen-bond donors (Lipinski definition) is 2. The normalized spacial score (nSPS) is 16.1. The van der Waals surface area contributed by atoms with Crippen molar-refractivity contribution in [3.05, 3.63) is 35.4 Å². The first-order chi connectivity index (χ1) is 9.79. The highest BCUT2D eigenvalue weighted by atomic mass is 17.1. The second-order valence-corrected chi connectivity index (χ2v) is 5.55. The monoisotopic (exact) mass is 277 g/mol. The Morgan fingerprint density at radius 3 is 2.85 bits per heavy atom. The van der Waals surface area contributed by atoms with Gasteiger partial charge in [-0.3, -0.25) is 4.89 Å². The molecule has 0 atom stereocenters. The number of rotatable bonds is 6. The zero-order valence-corrected chi connectivity index (χ0v) is 11.8. The Morgan fingerprint density at radius 2 is 2.10 bits per heavy atom. The van der Waals surface area contributed by atoms with Gasteiger partial charge in [0.25, 0.3) is 0 Å². The van der Waals surface area contributed by atoms with Crippen LogP contribution in [0.1, 0.15) is 54.4 Å². The third kappa shape index (κ3) is 4.62. The van der Waals surface area contributed by atoms with Crippen LogP contribution in [0.15, 0.2) is 24.3 Å². The van der Waals surface area contributed by atoms with Crippen LogP contribution in [0.25, 0.3) is 0 Å². The second-order valence-electron chi connectivity index (χ2n) is 5.55. The molecule has 0 bridgehead atoms. The van der Waals surface area contributed by atoms with Gasteiger partial charge >= 0.3 is 5.97 Å². The number of benzene rings is 1. The van der Waals surface area contributed by atoms with E-state index in [2.05, 4.69) is 10.2 Å². The standard InChI is InChI=1S/C16H23NO3/c18-16(20-19)15-8-4-7-14(11-15)12-17-10-9-13-5-2-1-3-6-13/h4,7-8,11,13,17,19H,1-3,5-6,9-10,12H2. The molecule has 4 nitrogen and oxygen atoms in total. The van der Waals surface area contributed by atoms with Crippen LogP contribution in [0.2, 0.25) is 0 Å². The molecular weight excluding hydrogens is 254 g/mol. The maximum absolute atomic E-state index is 11.2. The predicted molar refractivity (Wildman–Crippen MR) is 77.4 cm³/mol. The smallest absolute Gasteiger partial charge is 0.313 e. The van der Waals surface area contributed by atoms with Crippen molar-refractivity contribution in [3.63, 3.8) is 0 Å². The first kappa shape index (κ1) is 15.0. The summed E-state index contributed by atoms with van der Waals surface area (Å²) in [5.74, 6) is 0.168. The molecule has 1 aliphatic rings. The van der Waals surface area contributed by atoms with Crippen molar-refractivity contribution >= 4 is 5.97 Å². The van der Waals surface area contributed by atoms with E-state index in [0.717, 1.165) is 24.6 Å². The Morgan fingerprint density at radius 1 is 1.30 bits per heavy atom. The van der Waals surface area contributed by atoms with Crippen LogP contribution in [0.4, 0.5) is 0 Å².